The summed E-state index contributed by atoms with van der Waals surface area (Å²) in [6, 6.07) is 10.8. The summed E-state index contributed by atoms with van der Waals surface area (Å²) in [5.41, 5.74) is 0.939. The first-order valence-corrected chi connectivity index (χ1v) is 7.16. The van der Waals surface area contributed by atoms with Crippen molar-refractivity contribution in [2.45, 2.75) is 5.88 Å². The van der Waals surface area contributed by atoms with Crippen molar-refractivity contribution in [1.82, 2.24) is 0 Å². The van der Waals surface area contributed by atoms with E-state index in [0.29, 0.717) is 27.4 Å². The summed E-state index contributed by atoms with van der Waals surface area (Å²) in [5.74, 6) is 1.51. The molecule has 0 radical (unpaired) electrons. The van der Waals surface area contributed by atoms with Gasteiger partial charge in [-0.1, -0.05) is 45.2 Å². The largest absolute Gasteiger partial charge is 0.454 e. The predicted octanol–water partition coefficient (Wildman–Crippen LogP) is 6.29. The van der Waals surface area contributed by atoms with Gasteiger partial charge in [-0.3, -0.25) is 0 Å². The van der Waals surface area contributed by atoms with E-state index in [1.807, 2.05) is 12.1 Å². The summed E-state index contributed by atoms with van der Waals surface area (Å²) in [6.07, 6.45) is 0. The Morgan fingerprint density at radius 3 is 2.39 bits per heavy atom. The van der Waals surface area contributed by atoms with Gasteiger partial charge in [-0.2, -0.15) is 0 Å². The van der Waals surface area contributed by atoms with Crippen LogP contribution in [-0.4, -0.2) is 0 Å². The molecule has 0 N–H and O–H groups in total. The van der Waals surface area contributed by atoms with Crippen LogP contribution in [0.1, 0.15) is 5.56 Å². The smallest absolute Gasteiger partial charge is 0.147 e. The minimum Gasteiger partial charge on any atom is -0.454 e. The summed E-state index contributed by atoms with van der Waals surface area (Å²) in [7, 11) is 0. The fourth-order valence-corrected chi connectivity index (χ4v) is 2.29. The van der Waals surface area contributed by atoms with Gasteiger partial charge in [0.15, 0.2) is 0 Å². The van der Waals surface area contributed by atoms with E-state index in [9.17, 15) is 0 Å². The molecule has 0 saturated carbocycles. The second kappa shape index (κ2) is 6.16. The minimum atomic E-state index is 0.414. The SMILES string of the molecule is ClCc1ccc(Oc2cc(Br)ccc2Cl)c(Cl)c1. The quantitative estimate of drug-likeness (QED) is 0.580. The second-order valence-corrected chi connectivity index (χ2v) is 5.57. The molecule has 0 aliphatic heterocycles. The van der Waals surface area contributed by atoms with Gasteiger partial charge in [-0.25, -0.2) is 0 Å². The fraction of sp³-hybridized carbons (Fsp3) is 0.0769. The molecular weight excluding hydrogens is 358 g/mol. The molecule has 0 aromatic heterocycles. The molecule has 1 nitrogen and oxygen atoms in total. The van der Waals surface area contributed by atoms with Gasteiger partial charge in [0, 0.05) is 10.4 Å². The standard InChI is InChI=1S/C13H8BrCl3O/c14-9-2-3-10(16)13(6-9)18-12-4-1-8(7-15)5-11(12)17/h1-6H,7H2. The Hall–Kier alpha value is -0.410. The molecule has 2 aromatic carbocycles. The molecule has 0 saturated heterocycles. The molecule has 18 heavy (non-hydrogen) atoms. The molecule has 94 valence electrons. The van der Waals surface area contributed by atoms with Gasteiger partial charge in [0.25, 0.3) is 0 Å². The topological polar surface area (TPSA) is 9.23 Å². The maximum atomic E-state index is 6.11. The van der Waals surface area contributed by atoms with Crippen LogP contribution in [0.5, 0.6) is 11.5 Å². The molecular formula is C13H8BrCl3O. The van der Waals surface area contributed by atoms with Crippen molar-refractivity contribution in [2.24, 2.45) is 0 Å². The van der Waals surface area contributed by atoms with Gasteiger partial charge in [0.2, 0.25) is 0 Å². The monoisotopic (exact) mass is 364 g/mol. The van der Waals surface area contributed by atoms with E-state index in [-0.39, 0.29) is 0 Å². The molecule has 0 bridgehead atoms. The number of rotatable bonds is 3. The first-order valence-electron chi connectivity index (χ1n) is 5.07. The Morgan fingerprint density at radius 2 is 1.72 bits per heavy atom. The molecule has 0 unspecified atom stereocenters. The maximum Gasteiger partial charge on any atom is 0.147 e. The molecule has 0 amide bonds. The molecule has 0 aliphatic carbocycles. The summed E-state index contributed by atoms with van der Waals surface area (Å²) in [5, 5.41) is 1.03. The Balaban J connectivity index is 2.31. The van der Waals surface area contributed by atoms with E-state index in [1.54, 1.807) is 24.3 Å². The molecule has 2 aromatic rings. The lowest BCUT2D eigenvalue weighted by Gasteiger charge is -2.10. The van der Waals surface area contributed by atoms with Gasteiger partial charge in [0.05, 0.1) is 10.0 Å². The molecule has 0 aliphatic rings. The van der Waals surface area contributed by atoms with Gasteiger partial charge in [-0.15, -0.1) is 11.6 Å². The molecule has 0 fully saturated rings. The van der Waals surface area contributed by atoms with Crippen molar-refractivity contribution in [1.29, 1.82) is 0 Å². The van der Waals surface area contributed by atoms with Crippen LogP contribution < -0.4 is 4.74 Å². The number of benzene rings is 2. The van der Waals surface area contributed by atoms with E-state index in [4.69, 9.17) is 39.5 Å². The van der Waals surface area contributed by atoms with Crippen molar-refractivity contribution >= 4 is 50.7 Å². The highest BCUT2D eigenvalue weighted by Crippen LogP contribution is 2.35. The zero-order chi connectivity index (χ0) is 13.1. The first-order chi connectivity index (χ1) is 8.60. The average Bonchev–Trinajstić information content (AvgIpc) is 2.36. The third-order valence-corrected chi connectivity index (χ3v) is 3.67. The van der Waals surface area contributed by atoms with Crippen molar-refractivity contribution in [2.75, 3.05) is 0 Å². The molecule has 5 heteroatoms. The number of hydrogen-bond donors (Lipinski definition) is 0. The number of halogens is 4. The van der Waals surface area contributed by atoms with Crippen molar-refractivity contribution in [3.63, 3.8) is 0 Å². The van der Waals surface area contributed by atoms with Gasteiger partial charge >= 0.3 is 0 Å². The number of alkyl halides is 1. The van der Waals surface area contributed by atoms with E-state index in [1.165, 1.54) is 0 Å². The van der Waals surface area contributed by atoms with Gasteiger partial charge in [0.1, 0.15) is 11.5 Å². The normalized spacial score (nSPS) is 10.4. The van der Waals surface area contributed by atoms with Crippen LogP contribution in [0.15, 0.2) is 40.9 Å². The summed E-state index contributed by atoms with van der Waals surface area (Å²) < 4.78 is 6.57. The van der Waals surface area contributed by atoms with Crippen molar-refractivity contribution < 1.29 is 4.74 Å². The van der Waals surface area contributed by atoms with Gasteiger partial charge < -0.3 is 4.74 Å². The number of hydrogen-bond acceptors (Lipinski definition) is 1. The highest BCUT2D eigenvalue weighted by atomic mass is 79.9. The zero-order valence-electron chi connectivity index (χ0n) is 9.09. The van der Waals surface area contributed by atoms with E-state index in [0.717, 1.165) is 10.0 Å². The maximum absolute atomic E-state index is 6.11. The average molecular weight is 366 g/mol. The van der Waals surface area contributed by atoms with E-state index >= 15 is 0 Å². The third kappa shape index (κ3) is 3.33. The highest BCUT2D eigenvalue weighted by Gasteiger charge is 2.08. The minimum absolute atomic E-state index is 0.414. The summed E-state index contributed by atoms with van der Waals surface area (Å²) in [4.78, 5) is 0. The molecule has 0 spiro atoms. The molecule has 0 heterocycles. The van der Waals surface area contributed by atoms with E-state index in [2.05, 4.69) is 15.9 Å². The third-order valence-electron chi connectivity index (χ3n) is 2.26. The van der Waals surface area contributed by atoms with Crippen LogP contribution >= 0.6 is 50.7 Å². The summed E-state index contributed by atoms with van der Waals surface area (Å²) in [6.45, 7) is 0. The van der Waals surface area contributed by atoms with Crippen LogP contribution in [0, 0.1) is 0 Å². The first kappa shape index (κ1) is 14.0. The second-order valence-electron chi connectivity index (χ2n) is 3.58. The number of ether oxygens (including phenoxy) is 1. The van der Waals surface area contributed by atoms with Crippen LogP contribution in [0.2, 0.25) is 10.0 Å². The molecule has 2 rings (SSSR count). The predicted molar refractivity (Wildman–Crippen MR) is 80.2 cm³/mol. The Kier molecular flexibility index (Phi) is 4.79. The zero-order valence-corrected chi connectivity index (χ0v) is 12.9. The van der Waals surface area contributed by atoms with Crippen LogP contribution in [-0.2, 0) is 5.88 Å². The van der Waals surface area contributed by atoms with E-state index < -0.39 is 0 Å². The Labute approximate surface area is 129 Å². The Bertz CT molecular complexity index is 572. The van der Waals surface area contributed by atoms with Crippen molar-refractivity contribution in [3.05, 3.63) is 56.5 Å². The highest BCUT2D eigenvalue weighted by molar-refractivity contribution is 9.10. The van der Waals surface area contributed by atoms with Crippen LogP contribution in [0.25, 0.3) is 0 Å². The lowest BCUT2D eigenvalue weighted by Crippen LogP contribution is -1.88. The Morgan fingerprint density at radius 1 is 0.944 bits per heavy atom. The summed E-state index contributed by atoms with van der Waals surface area (Å²) >= 11 is 21.3. The van der Waals surface area contributed by atoms with Crippen LogP contribution in [0.3, 0.4) is 0 Å². The lowest BCUT2D eigenvalue weighted by atomic mass is 10.2. The van der Waals surface area contributed by atoms with Crippen molar-refractivity contribution in [3.8, 4) is 11.5 Å². The van der Waals surface area contributed by atoms with Crippen LogP contribution in [0.4, 0.5) is 0 Å². The van der Waals surface area contributed by atoms with Gasteiger partial charge in [-0.05, 0) is 35.9 Å². The molecule has 0 atom stereocenters. The fourth-order valence-electron chi connectivity index (χ4n) is 1.38. The lowest BCUT2D eigenvalue weighted by molar-refractivity contribution is 0.482.